The van der Waals surface area contributed by atoms with Crippen LogP contribution in [0, 0.1) is 6.92 Å². The Morgan fingerprint density at radius 2 is 2.45 bits per heavy atom. The molecule has 1 heterocycles. The van der Waals surface area contributed by atoms with Crippen LogP contribution in [0.5, 0.6) is 0 Å². The van der Waals surface area contributed by atoms with Crippen molar-refractivity contribution in [1.29, 1.82) is 0 Å². The van der Waals surface area contributed by atoms with Gasteiger partial charge in [0.2, 0.25) is 12.3 Å². The Labute approximate surface area is 91.0 Å². The maximum Gasteiger partial charge on any atom is 0.218 e. The quantitative estimate of drug-likeness (QED) is 0.530. The molecule has 0 aromatic heterocycles. The molecule has 1 unspecified atom stereocenters. The summed E-state index contributed by atoms with van der Waals surface area (Å²) < 4.78 is 0. The van der Waals surface area contributed by atoms with Crippen molar-refractivity contribution in [1.82, 2.24) is 10.8 Å². The van der Waals surface area contributed by atoms with Gasteiger partial charge in [0, 0.05) is 39.3 Å². The summed E-state index contributed by atoms with van der Waals surface area (Å²) in [7, 11) is 0. The van der Waals surface area contributed by atoms with Gasteiger partial charge in [-0.2, -0.15) is 6.42 Å². The molecule has 1 aliphatic heterocycles. The molecule has 1 saturated heterocycles. The van der Waals surface area contributed by atoms with E-state index in [0.29, 0.717) is 12.5 Å². The van der Waals surface area contributed by atoms with Crippen LogP contribution in [0.2, 0.25) is 0 Å². The fourth-order valence-electron chi connectivity index (χ4n) is 0.582. The van der Waals surface area contributed by atoms with E-state index >= 15 is 0 Å². The Morgan fingerprint density at radius 3 is 2.91 bits per heavy atom. The molecule has 1 aliphatic rings. The molecule has 0 aliphatic carbocycles. The van der Waals surface area contributed by atoms with E-state index in [-0.39, 0.29) is 32.7 Å². The first kappa shape index (κ1) is 11.3. The van der Waals surface area contributed by atoms with Gasteiger partial charge in [0.25, 0.3) is 0 Å². The van der Waals surface area contributed by atoms with Crippen molar-refractivity contribution in [3.05, 3.63) is 6.92 Å². The van der Waals surface area contributed by atoms with E-state index in [1.54, 1.807) is 0 Å². The van der Waals surface area contributed by atoms with E-state index in [9.17, 15) is 0 Å². The summed E-state index contributed by atoms with van der Waals surface area (Å²) in [4.78, 5) is 8.75. The third kappa shape index (κ3) is 4.01. The van der Waals surface area contributed by atoms with Crippen LogP contribution in [-0.4, -0.2) is 18.9 Å². The van der Waals surface area contributed by atoms with E-state index in [0.717, 1.165) is 6.42 Å². The second kappa shape index (κ2) is 5.88. The van der Waals surface area contributed by atoms with Crippen LogP contribution in [-0.2, 0) is 37.5 Å². The van der Waals surface area contributed by atoms with Gasteiger partial charge in [-0.1, -0.05) is 0 Å². The topological polar surface area (TPSA) is 71.7 Å². The number of nitrogens with one attached hydrogen (secondary N) is 2. The van der Waals surface area contributed by atoms with Crippen molar-refractivity contribution in [2.24, 2.45) is 10.7 Å². The molecular formula is C5H11N4OY-. The SMILES string of the molecule is [CH2-]CCN=C1NOC(N)N1.[Y]. The predicted octanol–water partition coefficient (Wildman–Crippen LogP) is -1.07. The van der Waals surface area contributed by atoms with Crippen molar-refractivity contribution < 1.29 is 37.5 Å². The number of nitrogens with zero attached hydrogens (tertiary/aromatic N) is 1. The smallest absolute Gasteiger partial charge is 0.218 e. The van der Waals surface area contributed by atoms with Gasteiger partial charge >= 0.3 is 0 Å². The number of guanidine groups is 1. The van der Waals surface area contributed by atoms with Gasteiger partial charge in [-0.05, 0) is 0 Å². The monoisotopic (exact) mass is 232 g/mol. The first-order valence-corrected chi connectivity index (χ1v) is 3.10. The maximum atomic E-state index is 5.30. The standard InChI is InChI=1S/C5H11N4O.Y/c1-2-3-7-5-8-4(6)10-9-5;/h4H,1-3,6H2,(H2,7,8,9);/q-1;. The molecule has 0 bridgehead atoms. The van der Waals surface area contributed by atoms with Crippen molar-refractivity contribution in [3.63, 3.8) is 0 Å². The van der Waals surface area contributed by atoms with Gasteiger partial charge in [0.1, 0.15) is 0 Å². The van der Waals surface area contributed by atoms with E-state index in [1.807, 2.05) is 0 Å². The Balaban J connectivity index is 0.000001000. The van der Waals surface area contributed by atoms with E-state index < -0.39 is 6.35 Å². The average molecular weight is 232 g/mol. The second-order valence-corrected chi connectivity index (χ2v) is 1.87. The molecule has 0 spiro atoms. The Kier molecular flexibility index (Phi) is 6.04. The van der Waals surface area contributed by atoms with E-state index in [1.165, 1.54) is 0 Å². The summed E-state index contributed by atoms with van der Waals surface area (Å²) in [5.74, 6) is 0.580. The molecule has 1 radical (unpaired) electrons. The first-order chi connectivity index (χ1) is 4.83. The zero-order valence-corrected chi connectivity index (χ0v) is 9.05. The molecule has 4 N–H and O–H groups in total. The molecule has 0 amide bonds. The van der Waals surface area contributed by atoms with Crippen LogP contribution >= 0.6 is 0 Å². The molecule has 61 valence electrons. The van der Waals surface area contributed by atoms with Crippen LogP contribution in [0.15, 0.2) is 4.99 Å². The number of hydrogen-bond donors (Lipinski definition) is 3. The predicted molar refractivity (Wildman–Crippen MR) is 37.6 cm³/mol. The Hall–Kier alpha value is 0.294. The molecule has 11 heavy (non-hydrogen) atoms. The number of hydrogen-bond acceptors (Lipinski definition) is 3. The molecule has 0 aromatic rings. The molecule has 6 heteroatoms. The van der Waals surface area contributed by atoms with E-state index in [2.05, 4.69) is 22.7 Å². The zero-order chi connectivity index (χ0) is 7.40. The molecule has 1 rings (SSSR count). The van der Waals surface area contributed by atoms with Crippen molar-refractivity contribution >= 4 is 5.96 Å². The van der Waals surface area contributed by atoms with Crippen LogP contribution < -0.4 is 16.5 Å². The van der Waals surface area contributed by atoms with Crippen molar-refractivity contribution in [2.75, 3.05) is 6.54 Å². The normalized spacial score (nSPS) is 25.6. The minimum absolute atomic E-state index is 0. The molecule has 1 atom stereocenters. The third-order valence-electron chi connectivity index (χ3n) is 0.990. The minimum Gasteiger partial charge on any atom is -0.342 e. The second-order valence-electron chi connectivity index (χ2n) is 1.87. The van der Waals surface area contributed by atoms with E-state index in [4.69, 9.17) is 10.6 Å². The average Bonchev–Trinajstić information content (AvgIpc) is 2.31. The number of aliphatic imine (C=N–C) groups is 1. The summed E-state index contributed by atoms with van der Waals surface area (Å²) in [6.45, 7) is 4.30. The summed E-state index contributed by atoms with van der Waals surface area (Å²) in [5.41, 5.74) is 7.83. The van der Waals surface area contributed by atoms with Crippen LogP contribution in [0.3, 0.4) is 0 Å². The largest absolute Gasteiger partial charge is 0.342 e. The number of rotatable bonds is 2. The maximum absolute atomic E-state index is 5.30. The molecule has 5 nitrogen and oxygen atoms in total. The molecule has 0 saturated carbocycles. The summed E-state index contributed by atoms with van der Waals surface area (Å²) in [6, 6.07) is 0. The number of nitrogens with two attached hydrogens (primary N) is 1. The number of hydroxylamine groups is 1. The van der Waals surface area contributed by atoms with Crippen molar-refractivity contribution in [2.45, 2.75) is 12.8 Å². The molecule has 0 aromatic carbocycles. The molecular weight excluding hydrogens is 221 g/mol. The van der Waals surface area contributed by atoms with Crippen LogP contribution in [0.25, 0.3) is 0 Å². The summed E-state index contributed by atoms with van der Waals surface area (Å²) >= 11 is 0. The fourth-order valence-corrected chi connectivity index (χ4v) is 0.582. The Morgan fingerprint density at radius 1 is 1.73 bits per heavy atom. The van der Waals surface area contributed by atoms with Gasteiger partial charge in [-0.25, -0.2) is 10.3 Å². The van der Waals surface area contributed by atoms with Crippen LogP contribution in [0.1, 0.15) is 6.42 Å². The van der Waals surface area contributed by atoms with Gasteiger partial charge < -0.3 is 12.2 Å². The summed E-state index contributed by atoms with van der Waals surface area (Å²) in [6.07, 6.45) is 0.283. The third-order valence-corrected chi connectivity index (χ3v) is 0.990. The Bertz CT molecular complexity index is 140. The molecule has 1 fully saturated rings. The van der Waals surface area contributed by atoms with Gasteiger partial charge in [-0.15, -0.1) is 0 Å². The van der Waals surface area contributed by atoms with Gasteiger partial charge in [-0.3, -0.25) is 10.7 Å². The van der Waals surface area contributed by atoms with Crippen molar-refractivity contribution in [3.8, 4) is 0 Å². The first-order valence-electron chi connectivity index (χ1n) is 3.10. The summed E-state index contributed by atoms with van der Waals surface area (Å²) in [5, 5.41) is 2.76. The van der Waals surface area contributed by atoms with Gasteiger partial charge in [0.05, 0.1) is 0 Å². The zero-order valence-electron chi connectivity index (χ0n) is 6.21. The van der Waals surface area contributed by atoms with Crippen LogP contribution in [0.4, 0.5) is 0 Å². The fraction of sp³-hybridized carbons (Fsp3) is 0.600. The minimum atomic E-state index is -0.483. The van der Waals surface area contributed by atoms with Gasteiger partial charge in [0.15, 0.2) is 0 Å².